The Morgan fingerprint density at radius 2 is 0.739 bits per heavy atom. The lowest BCUT2D eigenvalue weighted by Crippen LogP contribution is -2.41. The zero-order chi connectivity index (χ0) is 85.5. The monoisotopic (exact) mass is 1630 g/mol. The molecule has 3 fully saturated rings. The molecular weight excluding hydrogens is 1490 g/mol. The second-order valence-corrected chi connectivity index (χ2v) is 38.2. The number of ketones is 1. The summed E-state index contributed by atoms with van der Waals surface area (Å²) < 4.78 is 48.5. The molecule has 0 unspecified atom stereocenters. The Balaban J connectivity index is 0.000000157. The van der Waals surface area contributed by atoms with Crippen molar-refractivity contribution in [2.45, 2.75) is 359 Å². The van der Waals surface area contributed by atoms with E-state index in [1.807, 2.05) is 76.2 Å². The second-order valence-electron chi connectivity index (χ2n) is 38.2. The number of carbonyl (C=O) groups is 4. The fourth-order valence-corrected chi connectivity index (χ4v) is 21.0. The minimum atomic E-state index is -1.03. The summed E-state index contributed by atoms with van der Waals surface area (Å²) in [6, 6.07) is 14.2. The lowest BCUT2D eigenvalue weighted by atomic mass is 9.78. The van der Waals surface area contributed by atoms with E-state index in [0.29, 0.717) is 31.1 Å². The van der Waals surface area contributed by atoms with Gasteiger partial charge < -0.3 is 48.3 Å². The summed E-state index contributed by atoms with van der Waals surface area (Å²) in [7, 11) is 0. The Bertz CT molecular complexity index is 4660. The van der Waals surface area contributed by atoms with E-state index in [0.717, 1.165) is 215 Å². The van der Waals surface area contributed by atoms with Gasteiger partial charge in [0.15, 0.2) is 18.3 Å². The molecule has 16 nitrogen and oxygen atoms in total. The largest absolute Gasteiger partial charge is 0.493 e. The number of rotatable bonds is 16. The molecule has 119 heavy (non-hydrogen) atoms. The third-order valence-electron chi connectivity index (χ3n) is 26.8. The number of Topliss-reactive ketones (excluding diaryl/α,β-unsaturated/α-hetero) is 1. The van der Waals surface area contributed by atoms with Crippen molar-refractivity contribution in [3.63, 3.8) is 0 Å². The first-order chi connectivity index (χ1) is 56.7. The summed E-state index contributed by atoms with van der Waals surface area (Å²) in [5.74, 6) is 1.85. The van der Waals surface area contributed by atoms with Crippen LogP contribution in [-0.2, 0) is 101 Å². The first-order valence-corrected chi connectivity index (χ1v) is 45.7. The van der Waals surface area contributed by atoms with Crippen LogP contribution in [0.2, 0.25) is 0 Å². The van der Waals surface area contributed by atoms with E-state index in [-0.39, 0.29) is 11.9 Å². The number of carboxylic acids is 1. The lowest BCUT2D eigenvalue weighted by Gasteiger charge is -2.40. The van der Waals surface area contributed by atoms with Crippen molar-refractivity contribution in [1.82, 2.24) is 15.1 Å². The molecule has 6 aliphatic heterocycles. The van der Waals surface area contributed by atoms with Crippen LogP contribution in [0, 0.1) is 62.3 Å². The van der Waals surface area contributed by atoms with Crippen LogP contribution < -0.4 is 19.5 Å². The van der Waals surface area contributed by atoms with E-state index >= 15 is 0 Å². The van der Waals surface area contributed by atoms with Gasteiger partial charge in [0.1, 0.15) is 23.0 Å². The second kappa shape index (κ2) is 39.4. The third kappa shape index (κ3) is 20.8. The zero-order valence-electron chi connectivity index (χ0n) is 76.3. The zero-order valence-corrected chi connectivity index (χ0v) is 76.3. The van der Waals surface area contributed by atoms with Crippen LogP contribution in [0.5, 0.6) is 17.2 Å². The van der Waals surface area contributed by atoms with Crippen molar-refractivity contribution in [1.29, 1.82) is 0 Å². The Kier molecular flexibility index (Phi) is 30.0. The summed E-state index contributed by atoms with van der Waals surface area (Å²) in [6.45, 7) is 50.1. The van der Waals surface area contributed by atoms with Gasteiger partial charge in [-0.3, -0.25) is 14.6 Å². The molecule has 0 amide bonds. The van der Waals surface area contributed by atoms with Crippen LogP contribution in [0.15, 0.2) is 36.4 Å². The van der Waals surface area contributed by atoms with Gasteiger partial charge in [-0.15, -0.1) is 0 Å². The predicted octanol–water partition coefficient (Wildman–Crippen LogP) is 22.1. The fourth-order valence-electron chi connectivity index (χ4n) is 21.0. The number of hydrogen-bond acceptors (Lipinski definition) is 15. The van der Waals surface area contributed by atoms with Crippen LogP contribution in [-0.4, -0.2) is 120 Å². The molecule has 2 N–H and O–H groups in total. The van der Waals surface area contributed by atoms with Crippen LogP contribution in [0.4, 0.5) is 0 Å². The molecule has 9 aliphatic rings. The number of nitrogens with one attached hydrogen (secondary N) is 1. The number of fused-ring (bicyclic) bond motifs is 6. The molecule has 3 aliphatic carbocycles. The number of aliphatic carboxylic acids is 1. The van der Waals surface area contributed by atoms with Gasteiger partial charge in [-0.1, -0.05) is 63.1 Å². The molecule has 648 valence electrons. The summed E-state index contributed by atoms with van der Waals surface area (Å²) in [5, 5.41) is 14.0. The maximum absolute atomic E-state index is 13.6. The molecular formula is C103H143N3O13. The SMILES string of the molecule is CCOC(=O)[C@@H](OC(C)(C)C)c1c(C)c2c(c(C)c1-c1ccc3c(c1C)CCCO3)CN(C1CCCCC1)CC2.CCOC(=O)[C@@H](OC(C)(C)C)c1c(C)c2c(c(C)c1-c1ccc3c(c1C)CCCO3)CNCC2.Cc1c(-c2c(C)c3c(c(C)c2[C@H](OC(C)(C)C)C(=O)O)CCN(C2CCCCC2)C3)ccc2c1CCCO2.O=C1CCCCC1. The van der Waals surface area contributed by atoms with E-state index in [1.165, 1.54) is 165 Å². The number of carbonyl (C=O) groups excluding carboxylic acids is 3. The molecule has 0 bridgehead atoms. The minimum Gasteiger partial charge on any atom is -0.493 e. The van der Waals surface area contributed by atoms with Crippen molar-refractivity contribution in [2.75, 3.05) is 52.7 Å². The maximum Gasteiger partial charge on any atom is 0.339 e. The molecule has 15 rings (SSSR count). The average Bonchev–Trinajstić information content (AvgIpc) is 0.740. The van der Waals surface area contributed by atoms with Crippen molar-refractivity contribution in [3.05, 3.63) is 153 Å². The van der Waals surface area contributed by atoms with Gasteiger partial charge in [-0.05, 0) is 393 Å². The van der Waals surface area contributed by atoms with E-state index in [9.17, 15) is 24.3 Å². The Morgan fingerprint density at radius 3 is 1.08 bits per heavy atom. The molecule has 6 aromatic carbocycles. The molecule has 16 heteroatoms. The first kappa shape index (κ1) is 90.8. The van der Waals surface area contributed by atoms with Gasteiger partial charge in [-0.2, -0.15) is 0 Å². The number of nitrogens with zero attached hydrogens (tertiary/aromatic N) is 2. The number of carboxylic acid groups (broad SMARTS) is 1. The van der Waals surface area contributed by atoms with Crippen LogP contribution in [0.25, 0.3) is 33.4 Å². The number of ether oxygens (including phenoxy) is 8. The van der Waals surface area contributed by atoms with E-state index in [1.54, 1.807) is 0 Å². The number of hydrogen-bond donors (Lipinski definition) is 2. The van der Waals surface area contributed by atoms with E-state index < -0.39 is 41.1 Å². The summed E-state index contributed by atoms with van der Waals surface area (Å²) in [6.07, 6.45) is 24.9. The van der Waals surface area contributed by atoms with Crippen molar-refractivity contribution in [2.24, 2.45) is 0 Å². The lowest BCUT2D eigenvalue weighted by molar-refractivity contribution is -0.167. The normalized spacial score (nSPS) is 18.6. The highest BCUT2D eigenvalue weighted by Gasteiger charge is 2.42. The van der Waals surface area contributed by atoms with Gasteiger partial charge >= 0.3 is 17.9 Å². The average molecular weight is 1630 g/mol. The molecule has 3 atom stereocenters. The molecule has 0 saturated heterocycles. The Morgan fingerprint density at radius 1 is 0.403 bits per heavy atom. The molecule has 0 aromatic heterocycles. The van der Waals surface area contributed by atoms with Crippen molar-refractivity contribution < 1.29 is 62.2 Å². The Labute approximate surface area is 713 Å². The quantitative estimate of drug-likeness (QED) is 0.0873. The molecule has 0 radical (unpaired) electrons. The molecule has 3 saturated carbocycles. The number of benzene rings is 6. The summed E-state index contributed by atoms with van der Waals surface area (Å²) in [5.41, 5.74) is 30.8. The first-order valence-electron chi connectivity index (χ1n) is 45.7. The summed E-state index contributed by atoms with van der Waals surface area (Å²) in [4.78, 5) is 55.7. The maximum atomic E-state index is 13.6. The van der Waals surface area contributed by atoms with Crippen molar-refractivity contribution >= 4 is 23.7 Å². The highest BCUT2D eigenvalue weighted by molar-refractivity contribution is 5.89. The summed E-state index contributed by atoms with van der Waals surface area (Å²) >= 11 is 0. The molecule has 6 heterocycles. The van der Waals surface area contributed by atoms with E-state index in [4.69, 9.17) is 37.9 Å². The van der Waals surface area contributed by atoms with Crippen LogP contribution >= 0.6 is 0 Å². The molecule has 6 aromatic rings. The highest BCUT2D eigenvalue weighted by Crippen LogP contribution is 2.51. The van der Waals surface area contributed by atoms with Gasteiger partial charge in [-0.25, -0.2) is 14.4 Å². The predicted molar refractivity (Wildman–Crippen MR) is 477 cm³/mol. The Hall–Kier alpha value is -7.44. The molecule has 0 spiro atoms. The standard InChI is InChI=1S/C35H49NO4.C33H45NO4.C29H39NO4.C6H10O/c1-8-38-34(37)33(40-35(5,6)7)32-23(3)26-18-19-36(25-13-10-9-11-14-25)21-29(26)24(4)31(32)28-16-17-30-27(22(28)2)15-12-20-39-30;1-20-25-13-10-18-37-28(25)15-14-26(20)29-22(3)27-19-34(23-11-8-7-9-12-23)17-16-24(27)21(2)30(29)31(32(35)36)38-33(4,5)6;1-8-32-28(31)27(34-29(5,6)7)26-18(3)20-13-14-30-16-23(20)19(4)25(26)22-11-12-24-21(17(22)2)10-9-15-33-24;7-6-4-2-1-3-5-6/h16-17,25,33H,8-15,18-21H2,1-7H3;14-15,23,31H,7-13,16-19H2,1-6H3,(H,35,36);11-12,27,30H,8-10,13-16H2,1-7H3;1-5H2/t33-;31-;27-;/m000./s1. The van der Waals surface area contributed by atoms with E-state index in [2.05, 4.69) is 114 Å². The smallest absolute Gasteiger partial charge is 0.339 e. The van der Waals surface area contributed by atoms with Crippen molar-refractivity contribution in [3.8, 4) is 50.6 Å². The van der Waals surface area contributed by atoms with Gasteiger partial charge in [0.2, 0.25) is 0 Å². The number of esters is 2. The van der Waals surface area contributed by atoms with Gasteiger partial charge in [0.05, 0.1) is 49.8 Å². The van der Waals surface area contributed by atoms with Gasteiger partial charge in [0.25, 0.3) is 0 Å². The van der Waals surface area contributed by atoms with Crippen LogP contribution in [0.3, 0.4) is 0 Å². The topological polar surface area (TPSA) is 181 Å². The third-order valence-corrected chi connectivity index (χ3v) is 26.8. The highest BCUT2D eigenvalue weighted by atomic mass is 16.6. The minimum absolute atomic E-state index is 0.306. The van der Waals surface area contributed by atoms with Gasteiger partial charge in [0, 0.05) is 74.3 Å². The van der Waals surface area contributed by atoms with Crippen LogP contribution in [0.1, 0.15) is 327 Å². The fraction of sp³-hybridized carbons (Fsp3) is 0.612.